The molecule has 0 N–H and O–H groups in total. The summed E-state index contributed by atoms with van der Waals surface area (Å²) in [5, 5.41) is 10.3. The first-order valence-electron chi connectivity index (χ1n) is 5.67. The highest BCUT2D eigenvalue weighted by Gasteiger charge is 2.19. The van der Waals surface area contributed by atoms with E-state index in [-0.39, 0.29) is 0 Å². The fourth-order valence-corrected chi connectivity index (χ4v) is 2.12. The van der Waals surface area contributed by atoms with Crippen LogP contribution in [-0.4, -0.2) is 9.97 Å². The second kappa shape index (κ2) is 5.56. The predicted molar refractivity (Wildman–Crippen MR) is 75.4 cm³/mol. The van der Waals surface area contributed by atoms with Crippen molar-refractivity contribution < 1.29 is 0 Å². The Morgan fingerprint density at radius 3 is 2.58 bits per heavy atom. The van der Waals surface area contributed by atoms with Gasteiger partial charge in [-0.3, -0.25) is 9.97 Å². The Bertz CT molecular complexity index is 662. The SMILES string of the molecule is Cc1cnc(C)c(C(C#N)c2ccc(Cl)c(Cl)c2)n1. The van der Waals surface area contributed by atoms with E-state index in [2.05, 4.69) is 16.0 Å². The third kappa shape index (κ3) is 2.86. The van der Waals surface area contributed by atoms with Gasteiger partial charge in [-0.15, -0.1) is 0 Å². The molecule has 0 radical (unpaired) electrons. The molecule has 3 nitrogen and oxygen atoms in total. The summed E-state index contributed by atoms with van der Waals surface area (Å²) in [6, 6.07) is 7.41. The van der Waals surface area contributed by atoms with Crippen LogP contribution in [0.1, 0.15) is 28.6 Å². The van der Waals surface area contributed by atoms with Gasteiger partial charge in [0, 0.05) is 6.20 Å². The summed E-state index contributed by atoms with van der Waals surface area (Å²) >= 11 is 11.9. The van der Waals surface area contributed by atoms with Crippen LogP contribution in [0.2, 0.25) is 10.0 Å². The van der Waals surface area contributed by atoms with Crippen molar-refractivity contribution in [1.29, 1.82) is 5.26 Å². The number of hydrogen-bond acceptors (Lipinski definition) is 3. The van der Waals surface area contributed by atoms with Crippen LogP contribution < -0.4 is 0 Å². The fraction of sp³-hybridized carbons (Fsp3) is 0.214. The highest BCUT2D eigenvalue weighted by Crippen LogP contribution is 2.30. The van der Waals surface area contributed by atoms with Crippen LogP contribution in [-0.2, 0) is 0 Å². The number of aryl methyl sites for hydroxylation is 2. The molecule has 0 fully saturated rings. The lowest BCUT2D eigenvalue weighted by Crippen LogP contribution is -2.06. The minimum absolute atomic E-state index is 0.428. The summed E-state index contributed by atoms with van der Waals surface area (Å²) < 4.78 is 0. The van der Waals surface area contributed by atoms with Crippen molar-refractivity contribution in [1.82, 2.24) is 9.97 Å². The first-order chi connectivity index (χ1) is 9.02. The van der Waals surface area contributed by atoms with Crippen molar-refractivity contribution >= 4 is 23.2 Å². The van der Waals surface area contributed by atoms with Crippen LogP contribution in [0.15, 0.2) is 24.4 Å². The van der Waals surface area contributed by atoms with E-state index in [4.69, 9.17) is 23.2 Å². The summed E-state index contributed by atoms with van der Waals surface area (Å²) in [5.74, 6) is -0.498. The van der Waals surface area contributed by atoms with Crippen molar-refractivity contribution in [2.75, 3.05) is 0 Å². The van der Waals surface area contributed by atoms with Crippen LogP contribution in [0.4, 0.5) is 0 Å². The van der Waals surface area contributed by atoms with E-state index in [0.29, 0.717) is 15.7 Å². The summed E-state index contributed by atoms with van der Waals surface area (Å²) in [4.78, 5) is 8.65. The maximum absolute atomic E-state index is 9.41. The number of rotatable bonds is 2. The monoisotopic (exact) mass is 291 g/mol. The first kappa shape index (κ1) is 13.8. The van der Waals surface area contributed by atoms with Gasteiger partial charge in [0.05, 0.1) is 33.2 Å². The molecule has 0 bridgehead atoms. The zero-order chi connectivity index (χ0) is 14.0. The lowest BCUT2D eigenvalue weighted by Gasteiger charge is -2.12. The highest BCUT2D eigenvalue weighted by atomic mass is 35.5. The number of nitriles is 1. The minimum Gasteiger partial charge on any atom is -0.258 e. The van der Waals surface area contributed by atoms with Crippen LogP contribution in [0.5, 0.6) is 0 Å². The van der Waals surface area contributed by atoms with Gasteiger partial charge in [-0.1, -0.05) is 29.3 Å². The molecule has 0 aliphatic carbocycles. The third-order valence-electron chi connectivity index (χ3n) is 2.79. The average Bonchev–Trinajstić information content (AvgIpc) is 2.38. The summed E-state index contributed by atoms with van der Waals surface area (Å²) in [6.45, 7) is 3.68. The Hall–Kier alpha value is -1.63. The summed E-state index contributed by atoms with van der Waals surface area (Å²) in [6.07, 6.45) is 1.68. The van der Waals surface area contributed by atoms with Gasteiger partial charge in [0.1, 0.15) is 5.92 Å². The van der Waals surface area contributed by atoms with E-state index in [0.717, 1.165) is 17.0 Å². The Morgan fingerprint density at radius 1 is 1.21 bits per heavy atom. The molecule has 0 saturated carbocycles. The Labute approximate surface area is 121 Å². The van der Waals surface area contributed by atoms with Crippen LogP contribution in [0.3, 0.4) is 0 Å². The third-order valence-corrected chi connectivity index (χ3v) is 3.53. The van der Waals surface area contributed by atoms with Crippen molar-refractivity contribution in [3.8, 4) is 6.07 Å². The van der Waals surface area contributed by atoms with Gasteiger partial charge >= 0.3 is 0 Å². The normalized spacial score (nSPS) is 11.9. The lowest BCUT2D eigenvalue weighted by molar-refractivity contribution is 0.892. The number of hydrogen-bond donors (Lipinski definition) is 0. The molecule has 1 unspecified atom stereocenters. The molecule has 0 saturated heterocycles. The molecule has 1 heterocycles. The number of benzene rings is 1. The van der Waals surface area contributed by atoms with E-state index in [1.54, 1.807) is 24.4 Å². The average molecular weight is 292 g/mol. The Kier molecular flexibility index (Phi) is 4.04. The molecule has 0 amide bonds. The lowest BCUT2D eigenvalue weighted by atomic mass is 9.95. The Balaban J connectivity index is 2.53. The molecule has 1 aromatic heterocycles. The Morgan fingerprint density at radius 2 is 1.95 bits per heavy atom. The number of aromatic nitrogens is 2. The van der Waals surface area contributed by atoms with Crippen LogP contribution in [0.25, 0.3) is 0 Å². The van der Waals surface area contributed by atoms with Gasteiger partial charge in [0.2, 0.25) is 0 Å². The zero-order valence-electron chi connectivity index (χ0n) is 10.5. The van der Waals surface area contributed by atoms with E-state index in [9.17, 15) is 5.26 Å². The van der Waals surface area contributed by atoms with E-state index >= 15 is 0 Å². The minimum atomic E-state index is -0.498. The standard InChI is InChI=1S/C14H11Cl2N3/c1-8-7-18-9(2)14(19-8)11(6-17)10-3-4-12(15)13(16)5-10/h3-5,7,11H,1-2H3. The molecule has 0 aliphatic rings. The largest absolute Gasteiger partial charge is 0.258 e. The highest BCUT2D eigenvalue weighted by molar-refractivity contribution is 6.42. The van der Waals surface area contributed by atoms with Crippen molar-refractivity contribution in [2.24, 2.45) is 0 Å². The second-order valence-corrected chi connectivity index (χ2v) is 5.03. The van der Waals surface area contributed by atoms with Crippen LogP contribution in [0, 0.1) is 25.2 Å². The van der Waals surface area contributed by atoms with E-state index in [1.807, 2.05) is 13.8 Å². The van der Waals surface area contributed by atoms with Gasteiger partial charge in [-0.2, -0.15) is 5.26 Å². The number of nitrogens with zero attached hydrogens (tertiary/aromatic N) is 3. The van der Waals surface area contributed by atoms with Gasteiger partial charge in [-0.05, 0) is 31.5 Å². The van der Waals surface area contributed by atoms with E-state index < -0.39 is 5.92 Å². The fourth-order valence-electron chi connectivity index (χ4n) is 1.82. The van der Waals surface area contributed by atoms with Crippen molar-refractivity contribution in [2.45, 2.75) is 19.8 Å². The van der Waals surface area contributed by atoms with Crippen molar-refractivity contribution in [3.05, 3.63) is 57.1 Å². The molecule has 2 rings (SSSR count). The van der Waals surface area contributed by atoms with E-state index in [1.165, 1.54) is 0 Å². The second-order valence-electron chi connectivity index (χ2n) is 4.22. The van der Waals surface area contributed by atoms with Gasteiger partial charge in [-0.25, -0.2) is 0 Å². The molecule has 0 spiro atoms. The first-order valence-corrected chi connectivity index (χ1v) is 6.43. The molecule has 2 aromatic rings. The molecule has 19 heavy (non-hydrogen) atoms. The molecule has 96 valence electrons. The van der Waals surface area contributed by atoms with Gasteiger partial charge in [0.25, 0.3) is 0 Å². The van der Waals surface area contributed by atoms with Gasteiger partial charge in [0.15, 0.2) is 0 Å². The quantitative estimate of drug-likeness (QED) is 0.838. The molecule has 1 atom stereocenters. The molecular weight excluding hydrogens is 281 g/mol. The maximum atomic E-state index is 9.41. The summed E-state index contributed by atoms with van der Waals surface area (Å²) in [7, 11) is 0. The zero-order valence-corrected chi connectivity index (χ0v) is 12.0. The molecule has 1 aromatic carbocycles. The van der Waals surface area contributed by atoms with Crippen molar-refractivity contribution in [3.63, 3.8) is 0 Å². The molecule has 5 heteroatoms. The van der Waals surface area contributed by atoms with Gasteiger partial charge < -0.3 is 0 Å². The molecular formula is C14H11Cl2N3. The number of halogens is 2. The summed E-state index contributed by atoms with van der Waals surface area (Å²) in [5.41, 5.74) is 2.94. The topological polar surface area (TPSA) is 49.6 Å². The van der Waals surface area contributed by atoms with Crippen LogP contribution >= 0.6 is 23.2 Å². The smallest absolute Gasteiger partial charge is 0.115 e. The molecule has 0 aliphatic heterocycles. The predicted octanol–water partition coefficient (Wildman–Crippen LogP) is 4.06. The maximum Gasteiger partial charge on any atom is 0.115 e.